The van der Waals surface area contributed by atoms with Crippen LogP contribution in [0.3, 0.4) is 0 Å². The zero-order chi connectivity index (χ0) is 13.0. The summed E-state index contributed by atoms with van der Waals surface area (Å²) in [6.45, 7) is 4.86. The van der Waals surface area contributed by atoms with E-state index < -0.39 is 0 Å². The van der Waals surface area contributed by atoms with Crippen LogP contribution >= 0.6 is 23.1 Å². The monoisotopic (exact) mass is 284 g/mol. The van der Waals surface area contributed by atoms with Crippen molar-refractivity contribution in [1.82, 2.24) is 19.7 Å². The Hall–Kier alpha value is -0.920. The molecule has 2 rings (SSSR count). The van der Waals surface area contributed by atoms with Gasteiger partial charge in [0.25, 0.3) is 0 Å². The number of hydrogen-bond acceptors (Lipinski definition) is 6. The van der Waals surface area contributed by atoms with Crippen LogP contribution in [0, 0.1) is 6.92 Å². The van der Waals surface area contributed by atoms with Gasteiger partial charge in [0.15, 0.2) is 11.0 Å². The summed E-state index contributed by atoms with van der Waals surface area (Å²) >= 11 is 3.28. The van der Waals surface area contributed by atoms with Crippen LogP contribution in [0.5, 0.6) is 0 Å². The zero-order valence-electron chi connectivity index (χ0n) is 10.5. The predicted molar refractivity (Wildman–Crippen MR) is 72.6 cm³/mol. The average Bonchev–Trinajstić information content (AvgIpc) is 2.94. The van der Waals surface area contributed by atoms with Gasteiger partial charge in [0.2, 0.25) is 0 Å². The first-order chi connectivity index (χ1) is 8.74. The fourth-order valence-corrected chi connectivity index (χ4v) is 3.36. The number of thioether (sulfide) groups is 1. The van der Waals surface area contributed by atoms with E-state index in [2.05, 4.69) is 22.1 Å². The van der Waals surface area contributed by atoms with Crippen LogP contribution in [0.2, 0.25) is 0 Å². The van der Waals surface area contributed by atoms with Gasteiger partial charge in [-0.3, -0.25) is 0 Å². The first-order valence-electron chi connectivity index (χ1n) is 5.81. The molecular weight excluding hydrogens is 268 g/mol. The molecule has 2 aromatic heterocycles. The zero-order valence-corrected chi connectivity index (χ0v) is 12.1. The summed E-state index contributed by atoms with van der Waals surface area (Å²) in [5, 5.41) is 21.3. The van der Waals surface area contributed by atoms with E-state index in [0.717, 1.165) is 34.6 Å². The van der Waals surface area contributed by atoms with E-state index in [-0.39, 0.29) is 6.61 Å². The molecule has 0 unspecified atom stereocenters. The van der Waals surface area contributed by atoms with E-state index in [1.54, 1.807) is 23.1 Å². The number of aromatic nitrogens is 4. The molecule has 0 fully saturated rings. The van der Waals surface area contributed by atoms with Gasteiger partial charge in [-0.25, -0.2) is 4.98 Å². The van der Waals surface area contributed by atoms with E-state index in [0.29, 0.717) is 5.82 Å². The molecule has 0 atom stereocenters. The third-order valence-electron chi connectivity index (χ3n) is 2.37. The van der Waals surface area contributed by atoms with Crippen LogP contribution in [0.4, 0.5) is 0 Å². The Bertz CT molecular complexity index is 509. The summed E-state index contributed by atoms with van der Waals surface area (Å²) in [6, 6.07) is 0. The lowest BCUT2D eigenvalue weighted by atomic mass is 10.4. The van der Waals surface area contributed by atoms with Gasteiger partial charge in [-0.15, -0.1) is 21.5 Å². The van der Waals surface area contributed by atoms with Crippen molar-refractivity contribution in [3.63, 3.8) is 0 Å². The second-order valence-corrected chi connectivity index (χ2v) is 5.77. The van der Waals surface area contributed by atoms with Gasteiger partial charge in [0.1, 0.15) is 11.6 Å². The van der Waals surface area contributed by atoms with Crippen LogP contribution in [-0.2, 0) is 18.9 Å². The summed E-state index contributed by atoms with van der Waals surface area (Å²) in [7, 11) is 0. The van der Waals surface area contributed by atoms with Crippen molar-refractivity contribution in [2.24, 2.45) is 0 Å². The van der Waals surface area contributed by atoms with Crippen molar-refractivity contribution < 1.29 is 5.11 Å². The molecule has 0 aliphatic rings. The van der Waals surface area contributed by atoms with Gasteiger partial charge in [0.05, 0.1) is 5.75 Å². The number of hydrogen-bond donors (Lipinski definition) is 1. The summed E-state index contributed by atoms with van der Waals surface area (Å²) in [5.74, 6) is 1.43. The highest BCUT2D eigenvalue weighted by molar-refractivity contribution is 7.98. The van der Waals surface area contributed by atoms with Crippen molar-refractivity contribution >= 4 is 23.1 Å². The fourth-order valence-electron chi connectivity index (χ4n) is 1.59. The minimum Gasteiger partial charge on any atom is -0.388 e. The lowest BCUT2D eigenvalue weighted by Crippen LogP contribution is -2.04. The Balaban J connectivity index is 2.06. The van der Waals surface area contributed by atoms with E-state index in [9.17, 15) is 5.11 Å². The minimum atomic E-state index is -0.0656. The molecule has 5 nitrogen and oxygen atoms in total. The molecule has 1 N–H and O–H groups in total. The Kier molecular flexibility index (Phi) is 4.73. The minimum absolute atomic E-state index is 0.0656. The maximum atomic E-state index is 9.20. The van der Waals surface area contributed by atoms with Crippen LogP contribution in [0.15, 0.2) is 10.5 Å². The van der Waals surface area contributed by atoms with E-state index in [4.69, 9.17) is 0 Å². The lowest BCUT2D eigenvalue weighted by molar-refractivity contribution is 0.263. The van der Waals surface area contributed by atoms with Gasteiger partial charge >= 0.3 is 0 Å². The molecule has 0 spiro atoms. The SMILES string of the molecule is CCCn1c(CO)nnc1SCc1nc(C)cs1. The van der Waals surface area contributed by atoms with Gasteiger partial charge < -0.3 is 9.67 Å². The quantitative estimate of drug-likeness (QED) is 0.824. The van der Waals surface area contributed by atoms with Crippen molar-refractivity contribution in [3.05, 3.63) is 21.9 Å². The van der Waals surface area contributed by atoms with E-state index in [1.165, 1.54) is 0 Å². The number of aliphatic hydroxyl groups is 1. The standard InChI is InChI=1S/C11H16N4OS2/c1-3-4-15-9(5-16)13-14-11(15)18-7-10-12-8(2)6-17-10/h6,16H,3-5,7H2,1-2H3. The van der Waals surface area contributed by atoms with Gasteiger partial charge in [-0.1, -0.05) is 18.7 Å². The highest BCUT2D eigenvalue weighted by atomic mass is 32.2. The number of aliphatic hydroxyl groups excluding tert-OH is 1. The number of rotatable bonds is 6. The highest BCUT2D eigenvalue weighted by Gasteiger charge is 2.11. The molecule has 98 valence electrons. The van der Waals surface area contributed by atoms with E-state index in [1.807, 2.05) is 16.9 Å². The molecular formula is C11H16N4OS2. The number of nitrogens with zero attached hydrogens (tertiary/aromatic N) is 4. The summed E-state index contributed by atoms with van der Waals surface area (Å²) < 4.78 is 1.98. The third-order valence-corrected chi connectivity index (χ3v) is 4.50. The highest BCUT2D eigenvalue weighted by Crippen LogP contribution is 2.24. The first-order valence-corrected chi connectivity index (χ1v) is 7.67. The average molecular weight is 284 g/mol. The maximum Gasteiger partial charge on any atom is 0.191 e. The first kappa shape index (κ1) is 13.5. The van der Waals surface area contributed by atoms with Gasteiger partial charge in [-0.2, -0.15) is 0 Å². The molecule has 2 aromatic rings. The van der Waals surface area contributed by atoms with Gasteiger partial charge in [0, 0.05) is 17.6 Å². The molecule has 18 heavy (non-hydrogen) atoms. The lowest BCUT2D eigenvalue weighted by Gasteiger charge is -2.06. The topological polar surface area (TPSA) is 63.8 Å². The fraction of sp³-hybridized carbons (Fsp3) is 0.545. The predicted octanol–water partition coefficient (Wildman–Crippen LogP) is 2.24. The molecule has 7 heteroatoms. The molecule has 0 aliphatic carbocycles. The van der Waals surface area contributed by atoms with Crippen LogP contribution in [0.25, 0.3) is 0 Å². The van der Waals surface area contributed by atoms with Crippen molar-refractivity contribution in [2.45, 2.75) is 44.3 Å². The number of aryl methyl sites for hydroxylation is 1. The molecule has 0 radical (unpaired) electrons. The normalized spacial score (nSPS) is 11.1. The van der Waals surface area contributed by atoms with Crippen LogP contribution in [0.1, 0.15) is 29.9 Å². The number of thiazole rings is 1. The van der Waals surface area contributed by atoms with E-state index >= 15 is 0 Å². The maximum absolute atomic E-state index is 9.20. The Labute approximate surface area is 114 Å². The molecule has 0 aliphatic heterocycles. The smallest absolute Gasteiger partial charge is 0.191 e. The summed E-state index contributed by atoms with van der Waals surface area (Å²) in [4.78, 5) is 4.42. The van der Waals surface area contributed by atoms with Crippen LogP contribution < -0.4 is 0 Å². The second kappa shape index (κ2) is 6.31. The molecule has 0 amide bonds. The van der Waals surface area contributed by atoms with Crippen LogP contribution in [-0.4, -0.2) is 24.9 Å². The van der Waals surface area contributed by atoms with Crippen molar-refractivity contribution in [1.29, 1.82) is 0 Å². The summed E-state index contributed by atoms with van der Waals surface area (Å²) in [6.07, 6.45) is 0.995. The molecule has 0 saturated carbocycles. The summed E-state index contributed by atoms with van der Waals surface area (Å²) in [5.41, 5.74) is 1.06. The third kappa shape index (κ3) is 3.09. The molecule has 0 saturated heterocycles. The Morgan fingerprint density at radius 3 is 2.89 bits per heavy atom. The Morgan fingerprint density at radius 2 is 2.28 bits per heavy atom. The van der Waals surface area contributed by atoms with Crippen molar-refractivity contribution in [2.75, 3.05) is 0 Å². The van der Waals surface area contributed by atoms with Gasteiger partial charge in [-0.05, 0) is 13.3 Å². The largest absolute Gasteiger partial charge is 0.388 e. The second-order valence-electron chi connectivity index (χ2n) is 3.88. The molecule has 0 bridgehead atoms. The Morgan fingerprint density at radius 1 is 1.44 bits per heavy atom. The molecule has 2 heterocycles. The van der Waals surface area contributed by atoms with Crippen molar-refractivity contribution in [3.8, 4) is 0 Å². The molecule has 0 aromatic carbocycles.